The summed E-state index contributed by atoms with van der Waals surface area (Å²) < 4.78 is 5.90. The number of nitrogens with zero attached hydrogens (tertiary/aromatic N) is 1. The lowest BCUT2D eigenvalue weighted by atomic mass is 9.93. The monoisotopic (exact) mass is 443 g/mol. The molecule has 1 saturated heterocycles. The summed E-state index contributed by atoms with van der Waals surface area (Å²) >= 11 is 0. The van der Waals surface area contributed by atoms with Crippen LogP contribution in [0.3, 0.4) is 0 Å². The highest BCUT2D eigenvalue weighted by atomic mass is 16.5. The first-order valence-electron chi connectivity index (χ1n) is 11.9. The van der Waals surface area contributed by atoms with Gasteiger partial charge in [0.05, 0.1) is 6.61 Å². The molecule has 0 atom stereocenters. The predicted octanol–water partition coefficient (Wildman–Crippen LogP) is 4.77. The maximum absolute atomic E-state index is 13.0. The Morgan fingerprint density at radius 1 is 0.909 bits per heavy atom. The molecule has 1 aliphatic heterocycles. The lowest BCUT2D eigenvalue weighted by Gasteiger charge is -2.16. The van der Waals surface area contributed by atoms with E-state index in [-0.39, 0.29) is 5.91 Å². The van der Waals surface area contributed by atoms with Gasteiger partial charge in [-0.05, 0) is 85.9 Å². The van der Waals surface area contributed by atoms with Crippen molar-refractivity contribution < 1.29 is 9.53 Å². The zero-order valence-corrected chi connectivity index (χ0v) is 19.1. The van der Waals surface area contributed by atoms with Gasteiger partial charge in [-0.3, -0.25) is 4.79 Å². The van der Waals surface area contributed by atoms with E-state index >= 15 is 0 Å². The Morgan fingerprint density at radius 3 is 2.39 bits per heavy atom. The number of amides is 1. The number of carbonyl (C=O) groups excluding carboxylic acids is 1. The van der Waals surface area contributed by atoms with Gasteiger partial charge in [-0.2, -0.15) is 0 Å². The molecule has 0 aliphatic carbocycles. The molecule has 0 radical (unpaired) electrons. The molecule has 5 heteroatoms. The van der Waals surface area contributed by atoms with E-state index in [9.17, 15) is 4.79 Å². The smallest absolute Gasteiger partial charge is 0.251 e. The average Bonchev–Trinajstić information content (AvgIpc) is 3.37. The summed E-state index contributed by atoms with van der Waals surface area (Å²) in [4.78, 5) is 15.5. The molecule has 3 N–H and O–H groups in total. The molecule has 0 unspecified atom stereocenters. The third-order valence-electron chi connectivity index (χ3n) is 6.13. The summed E-state index contributed by atoms with van der Waals surface area (Å²) in [6.07, 6.45) is 4.31. The van der Waals surface area contributed by atoms with Crippen molar-refractivity contribution in [3.05, 3.63) is 83.9 Å². The topological polar surface area (TPSA) is 67.6 Å². The van der Waals surface area contributed by atoms with Crippen molar-refractivity contribution >= 4 is 11.6 Å². The number of anilines is 1. The molecule has 0 spiro atoms. The maximum Gasteiger partial charge on any atom is 0.251 e. The maximum atomic E-state index is 13.0. The van der Waals surface area contributed by atoms with Gasteiger partial charge in [-0.15, -0.1) is 0 Å². The molecule has 3 aromatic carbocycles. The number of nitrogens with two attached hydrogens (primary N) is 1. The van der Waals surface area contributed by atoms with E-state index in [1.165, 1.54) is 25.9 Å². The quantitative estimate of drug-likeness (QED) is 0.350. The number of carbonyl (C=O) groups is 1. The van der Waals surface area contributed by atoms with E-state index in [1.54, 1.807) is 0 Å². The highest BCUT2D eigenvalue weighted by molar-refractivity contribution is 6.01. The molecular weight excluding hydrogens is 410 g/mol. The molecule has 5 nitrogen and oxygen atoms in total. The summed E-state index contributed by atoms with van der Waals surface area (Å²) in [6, 6.07) is 23.5. The van der Waals surface area contributed by atoms with Crippen LogP contribution >= 0.6 is 0 Å². The zero-order chi connectivity index (χ0) is 22.9. The van der Waals surface area contributed by atoms with E-state index in [0.717, 1.165) is 47.5 Å². The Balaban J connectivity index is 1.40. The molecule has 172 valence electrons. The van der Waals surface area contributed by atoms with Gasteiger partial charge in [-0.1, -0.05) is 42.5 Å². The van der Waals surface area contributed by atoms with Crippen molar-refractivity contribution in [1.29, 1.82) is 0 Å². The second-order valence-corrected chi connectivity index (χ2v) is 8.53. The normalized spacial score (nSPS) is 13.7. The number of rotatable bonds is 10. The van der Waals surface area contributed by atoms with Crippen molar-refractivity contribution in [2.45, 2.75) is 25.7 Å². The van der Waals surface area contributed by atoms with Crippen LogP contribution in [0.15, 0.2) is 72.8 Å². The van der Waals surface area contributed by atoms with Crippen molar-refractivity contribution in [2.24, 2.45) is 0 Å². The third kappa shape index (κ3) is 6.36. The van der Waals surface area contributed by atoms with Gasteiger partial charge in [0.15, 0.2) is 0 Å². The van der Waals surface area contributed by atoms with Crippen LogP contribution in [0, 0.1) is 0 Å². The first kappa shape index (κ1) is 22.9. The van der Waals surface area contributed by atoms with E-state index in [1.807, 2.05) is 60.7 Å². The molecule has 33 heavy (non-hydrogen) atoms. The van der Waals surface area contributed by atoms with Crippen molar-refractivity contribution in [3.8, 4) is 16.9 Å². The van der Waals surface area contributed by atoms with E-state index in [4.69, 9.17) is 10.5 Å². The lowest BCUT2D eigenvalue weighted by molar-refractivity contribution is 0.0952. The average molecular weight is 444 g/mol. The van der Waals surface area contributed by atoms with Crippen LogP contribution in [-0.2, 0) is 6.42 Å². The number of hydrogen-bond acceptors (Lipinski definition) is 4. The summed E-state index contributed by atoms with van der Waals surface area (Å²) in [6.45, 7) is 4.68. The van der Waals surface area contributed by atoms with Gasteiger partial charge < -0.3 is 20.7 Å². The lowest BCUT2D eigenvalue weighted by Crippen LogP contribution is -2.29. The fraction of sp³-hybridized carbons (Fsp3) is 0.321. The Morgan fingerprint density at radius 2 is 1.61 bits per heavy atom. The van der Waals surface area contributed by atoms with Gasteiger partial charge >= 0.3 is 0 Å². The van der Waals surface area contributed by atoms with Crippen LogP contribution in [0.2, 0.25) is 0 Å². The first-order valence-corrected chi connectivity index (χ1v) is 11.9. The van der Waals surface area contributed by atoms with Crippen LogP contribution in [0.5, 0.6) is 5.75 Å². The molecule has 0 bridgehead atoms. The number of likely N-dealkylation sites (tertiary alicyclic amines) is 1. The largest absolute Gasteiger partial charge is 0.493 e. The highest BCUT2D eigenvalue weighted by Crippen LogP contribution is 2.28. The number of benzene rings is 3. The molecule has 0 saturated carbocycles. The van der Waals surface area contributed by atoms with Gasteiger partial charge in [0.25, 0.3) is 5.91 Å². The fourth-order valence-corrected chi connectivity index (χ4v) is 4.37. The van der Waals surface area contributed by atoms with Crippen LogP contribution in [0.1, 0.15) is 35.2 Å². The second kappa shape index (κ2) is 11.5. The Kier molecular flexibility index (Phi) is 7.99. The minimum atomic E-state index is -0.0139. The molecule has 4 rings (SSSR count). The standard InChI is InChI=1S/C28H33N3O2/c29-23-12-14-24(15-13-23)33-21-16-22-8-1-2-9-25(22)26-10-3-4-11-27(26)28(32)30-17-7-20-31-18-5-6-19-31/h1-4,8-15H,5-7,16-21,29H2,(H,30,32). The Bertz CT molecular complexity index is 1040. The van der Waals surface area contributed by atoms with Crippen LogP contribution in [0.25, 0.3) is 11.1 Å². The molecule has 0 aromatic heterocycles. The SMILES string of the molecule is Nc1ccc(OCCc2ccccc2-c2ccccc2C(=O)NCCCN2CCCC2)cc1. The van der Waals surface area contributed by atoms with Gasteiger partial charge in [0.2, 0.25) is 0 Å². The van der Waals surface area contributed by atoms with Crippen LogP contribution in [0.4, 0.5) is 5.69 Å². The van der Waals surface area contributed by atoms with Crippen molar-refractivity contribution in [2.75, 3.05) is 38.5 Å². The molecule has 1 heterocycles. The molecule has 1 fully saturated rings. The predicted molar refractivity (Wildman–Crippen MR) is 135 cm³/mol. The van der Waals surface area contributed by atoms with Gasteiger partial charge in [0.1, 0.15) is 5.75 Å². The molecular formula is C28H33N3O2. The van der Waals surface area contributed by atoms with Crippen molar-refractivity contribution in [3.63, 3.8) is 0 Å². The Labute approximate surface area is 196 Å². The Hall–Kier alpha value is -3.31. The summed E-state index contributed by atoms with van der Waals surface area (Å²) in [5.41, 5.74) is 10.4. The van der Waals surface area contributed by atoms with Gasteiger partial charge in [-0.25, -0.2) is 0 Å². The molecule has 1 amide bonds. The third-order valence-corrected chi connectivity index (χ3v) is 6.13. The molecule has 3 aromatic rings. The van der Waals surface area contributed by atoms with Crippen molar-refractivity contribution in [1.82, 2.24) is 10.2 Å². The van der Waals surface area contributed by atoms with E-state index in [2.05, 4.69) is 22.3 Å². The number of ether oxygens (including phenoxy) is 1. The van der Waals surface area contributed by atoms with E-state index < -0.39 is 0 Å². The minimum Gasteiger partial charge on any atom is -0.493 e. The van der Waals surface area contributed by atoms with Crippen LogP contribution in [-0.4, -0.2) is 43.6 Å². The first-order chi connectivity index (χ1) is 16.2. The fourth-order valence-electron chi connectivity index (χ4n) is 4.37. The summed E-state index contributed by atoms with van der Waals surface area (Å²) in [5.74, 6) is 0.787. The highest BCUT2D eigenvalue weighted by Gasteiger charge is 2.15. The number of nitrogen functional groups attached to an aromatic ring is 1. The second-order valence-electron chi connectivity index (χ2n) is 8.53. The number of hydrogen-bond donors (Lipinski definition) is 2. The zero-order valence-electron chi connectivity index (χ0n) is 19.1. The van der Waals surface area contributed by atoms with E-state index in [0.29, 0.717) is 18.7 Å². The molecule has 1 aliphatic rings. The van der Waals surface area contributed by atoms with Gasteiger partial charge in [0, 0.05) is 24.2 Å². The minimum absolute atomic E-state index is 0.0139. The summed E-state index contributed by atoms with van der Waals surface area (Å²) in [5, 5.41) is 3.12. The number of nitrogens with one attached hydrogen (secondary N) is 1. The summed E-state index contributed by atoms with van der Waals surface area (Å²) in [7, 11) is 0. The van der Waals surface area contributed by atoms with Crippen LogP contribution < -0.4 is 15.8 Å².